The second kappa shape index (κ2) is 6.51. The van der Waals surface area contributed by atoms with Crippen molar-refractivity contribution in [2.75, 3.05) is 14.2 Å². The van der Waals surface area contributed by atoms with Crippen molar-refractivity contribution in [3.8, 4) is 11.5 Å². The first-order chi connectivity index (χ1) is 10.5. The first-order valence-electron chi connectivity index (χ1n) is 7.11. The third kappa shape index (κ3) is 3.21. The molecular formula is C16H20N2O4. The first kappa shape index (κ1) is 15.9. The monoisotopic (exact) mass is 304 g/mol. The Bertz CT molecular complexity index is 625. The Balaban J connectivity index is 2.27. The van der Waals surface area contributed by atoms with Crippen LogP contribution in [0.2, 0.25) is 0 Å². The number of hydrogen-bond acceptors (Lipinski definition) is 4. The smallest absolute Gasteiger partial charge is 0.328 e. The van der Waals surface area contributed by atoms with E-state index >= 15 is 0 Å². The van der Waals surface area contributed by atoms with Crippen LogP contribution in [0.3, 0.4) is 0 Å². The number of amides is 3. The standard InChI is InChI=1S/C16H20N2O4/c1-5-10(2)22-13-7-6-11(9-14(13)21-4)8-12-15(19)18(3)16(20)17-12/h6-10H,5H2,1-4H3,(H,17,20)/b12-8+/t10-/m1/s1. The maximum atomic E-state index is 11.8. The normalized spacial score (nSPS) is 17.6. The Hall–Kier alpha value is -2.50. The topological polar surface area (TPSA) is 67.9 Å². The fraction of sp³-hybridized carbons (Fsp3) is 0.375. The number of imide groups is 1. The fourth-order valence-electron chi connectivity index (χ4n) is 1.96. The summed E-state index contributed by atoms with van der Waals surface area (Å²) in [6.45, 7) is 4.03. The molecule has 1 aliphatic rings. The molecule has 1 aromatic carbocycles. The van der Waals surface area contributed by atoms with E-state index in [4.69, 9.17) is 9.47 Å². The predicted molar refractivity (Wildman–Crippen MR) is 82.7 cm³/mol. The molecule has 6 heteroatoms. The van der Waals surface area contributed by atoms with Gasteiger partial charge in [-0.25, -0.2) is 4.79 Å². The van der Waals surface area contributed by atoms with Gasteiger partial charge in [-0.3, -0.25) is 9.69 Å². The van der Waals surface area contributed by atoms with Crippen LogP contribution in [0.15, 0.2) is 23.9 Å². The molecule has 0 unspecified atom stereocenters. The molecule has 0 aliphatic carbocycles. The number of benzene rings is 1. The van der Waals surface area contributed by atoms with E-state index in [-0.39, 0.29) is 17.7 Å². The summed E-state index contributed by atoms with van der Waals surface area (Å²) in [6.07, 6.45) is 2.59. The lowest BCUT2D eigenvalue weighted by Gasteiger charge is -2.15. The van der Waals surface area contributed by atoms with Gasteiger partial charge in [0.2, 0.25) is 0 Å². The molecule has 0 bridgehead atoms. The van der Waals surface area contributed by atoms with Gasteiger partial charge in [-0.15, -0.1) is 0 Å². The number of likely N-dealkylation sites (N-methyl/N-ethyl adjacent to an activating group) is 1. The van der Waals surface area contributed by atoms with E-state index in [1.165, 1.54) is 7.05 Å². The number of nitrogens with zero attached hydrogens (tertiary/aromatic N) is 1. The van der Waals surface area contributed by atoms with Crippen LogP contribution in [0, 0.1) is 0 Å². The van der Waals surface area contributed by atoms with Gasteiger partial charge in [0.15, 0.2) is 11.5 Å². The highest BCUT2D eigenvalue weighted by molar-refractivity contribution is 6.13. The van der Waals surface area contributed by atoms with E-state index < -0.39 is 6.03 Å². The van der Waals surface area contributed by atoms with Crippen LogP contribution in [-0.4, -0.2) is 37.1 Å². The highest BCUT2D eigenvalue weighted by atomic mass is 16.5. The molecular weight excluding hydrogens is 284 g/mol. The highest BCUT2D eigenvalue weighted by Crippen LogP contribution is 2.30. The van der Waals surface area contributed by atoms with Crippen molar-refractivity contribution < 1.29 is 19.1 Å². The van der Waals surface area contributed by atoms with E-state index in [9.17, 15) is 9.59 Å². The van der Waals surface area contributed by atoms with Crippen LogP contribution < -0.4 is 14.8 Å². The second-order valence-electron chi connectivity index (χ2n) is 5.10. The molecule has 1 aromatic rings. The van der Waals surface area contributed by atoms with Crippen LogP contribution >= 0.6 is 0 Å². The molecule has 1 atom stereocenters. The van der Waals surface area contributed by atoms with E-state index in [2.05, 4.69) is 5.32 Å². The Morgan fingerprint density at radius 1 is 1.32 bits per heavy atom. The number of carbonyl (C=O) groups is 2. The molecule has 22 heavy (non-hydrogen) atoms. The van der Waals surface area contributed by atoms with Crippen molar-refractivity contribution in [3.63, 3.8) is 0 Å². The van der Waals surface area contributed by atoms with Gasteiger partial charge in [0.25, 0.3) is 5.91 Å². The molecule has 0 aromatic heterocycles. The number of urea groups is 1. The number of rotatable bonds is 5. The van der Waals surface area contributed by atoms with Crippen LogP contribution in [0.25, 0.3) is 6.08 Å². The second-order valence-corrected chi connectivity index (χ2v) is 5.10. The van der Waals surface area contributed by atoms with E-state index in [0.29, 0.717) is 11.5 Å². The lowest BCUT2D eigenvalue weighted by atomic mass is 10.1. The van der Waals surface area contributed by atoms with Gasteiger partial charge in [-0.1, -0.05) is 13.0 Å². The Morgan fingerprint density at radius 2 is 2.05 bits per heavy atom. The molecule has 118 valence electrons. The first-order valence-corrected chi connectivity index (χ1v) is 7.11. The van der Waals surface area contributed by atoms with Crippen molar-refractivity contribution in [2.45, 2.75) is 26.4 Å². The molecule has 0 saturated carbocycles. The number of methoxy groups -OCH3 is 1. The summed E-state index contributed by atoms with van der Waals surface area (Å²) in [5.41, 5.74) is 0.984. The summed E-state index contributed by atoms with van der Waals surface area (Å²) in [6, 6.07) is 4.94. The predicted octanol–water partition coefficient (Wildman–Crippen LogP) is 2.40. The zero-order valence-corrected chi connectivity index (χ0v) is 13.2. The Morgan fingerprint density at radius 3 is 2.59 bits per heavy atom. The van der Waals surface area contributed by atoms with E-state index in [0.717, 1.165) is 16.9 Å². The van der Waals surface area contributed by atoms with Crippen molar-refractivity contribution in [1.29, 1.82) is 0 Å². The third-order valence-electron chi connectivity index (χ3n) is 3.48. The molecule has 2 rings (SSSR count). The average molecular weight is 304 g/mol. The van der Waals surface area contributed by atoms with Gasteiger partial charge < -0.3 is 14.8 Å². The molecule has 0 spiro atoms. The number of nitrogens with one attached hydrogen (secondary N) is 1. The molecule has 1 N–H and O–H groups in total. The molecule has 0 radical (unpaired) electrons. The fourth-order valence-corrected chi connectivity index (χ4v) is 1.96. The summed E-state index contributed by atoms with van der Waals surface area (Å²) in [4.78, 5) is 24.3. The minimum atomic E-state index is -0.431. The quantitative estimate of drug-likeness (QED) is 0.670. The lowest BCUT2D eigenvalue weighted by Crippen LogP contribution is -2.25. The summed E-state index contributed by atoms with van der Waals surface area (Å²) in [5.74, 6) is 0.876. The maximum Gasteiger partial charge on any atom is 0.328 e. The van der Waals surface area contributed by atoms with Crippen molar-refractivity contribution in [3.05, 3.63) is 29.5 Å². The molecule has 1 heterocycles. The number of hydrogen-bond donors (Lipinski definition) is 1. The van der Waals surface area contributed by atoms with Crippen LogP contribution in [0.5, 0.6) is 11.5 Å². The third-order valence-corrected chi connectivity index (χ3v) is 3.48. The van der Waals surface area contributed by atoms with Gasteiger partial charge in [0, 0.05) is 7.05 Å². The zero-order valence-electron chi connectivity index (χ0n) is 13.2. The Kier molecular flexibility index (Phi) is 4.70. The largest absolute Gasteiger partial charge is 0.493 e. The summed E-state index contributed by atoms with van der Waals surface area (Å²) in [5, 5.41) is 2.52. The van der Waals surface area contributed by atoms with Gasteiger partial charge >= 0.3 is 6.03 Å². The summed E-state index contributed by atoms with van der Waals surface area (Å²) >= 11 is 0. The van der Waals surface area contributed by atoms with Crippen LogP contribution in [-0.2, 0) is 4.79 Å². The van der Waals surface area contributed by atoms with E-state index in [1.807, 2.05) is 19.9 Å². The van der Waals surface area contributed by atoms with Gasteiger partial charge in [0.05, 0.1) is 13.2 Å². The summed E-state index contributed by atoms with van der Waals surface area (Å²) < 4.78 is 11.1. The van der Waals surface area contributed by atoms with Crippen molar-refractivity contribution in [2.24, 2.45) is 0 Å². The Labute approximate surface area is 129 Å². The van der Waals surface area contributed by atoms with Crippen LogP contribution in [0.1, 0.15) is 25.8 Å². The van der Waals surface area contributed by atoms with Crippen LogP contribution in [0.4, 0.5) is 4.79 Å². The minimum absolute atomic E-state index is 0.0856. The van der Waals surface area contributed by atoms with Gasteiger partial charge in [-0.05, 0) is 37.1 Å². The maximum absolute atomic E-state index is 11.8. The van der Waals surface area contributed by atoms with Gasteiger partial charge in [0.1, 0.15) is 5.70 Å². The van der Waals surface area contributed by atoms with Gasteiger partial charge in [-0.2, -0.15) is 0 Å². The average Bonchev–Trinajstić information content (AvgIpc) is 2.75. The minimum Gasteiger partial charge on any atom is -0.493 e. The lowest BCUT2D eigenvalue weighted by molar-refractivity contribution is -0.121. The molecule has 1 fully saturated rings. The zero-order chi connectivity index (χ0) is 16.3. The molecule has 3 amide bonds. The SMILES string of the molecule is CC[C@@H](C)Oc1ccc(/C=C2/NC(=O)N(C)C2=O)cc1OC. The number of ether oxygens (including phenoxy) is 2. The highest BCUT2D eigenvalue weighted by Gasteiger charge is 2.29. The van der Waals surface area contributed by atoms with Crippen molar-refractivity contribution >= 4 is 18.0 Å². The van der Waals surface area contributed by atoms with E-state index in [1.54, 1.807) is 25.3 Å². The molecule has 1 saturated heterocycles. The molecule has 1 aliphatic heterocycles. The van der Waals surface area contributed by atoms with Crippen molar-refractivity contribution in [1.82, 2.24) is 10.2 Å². The molecule has 6 nitrogen and oxygen atoms in total. The summed E-state index contributed by atoms with van der Waals surface area (Å²) in [7, 11) is 2.99. The number of carbonyl (C=O) groups excluding carboxylic acids is 2.